The number of aromatic hydroxyl groups is 1. The Morgan fingerprint density at radius 2 is 1.89 bits per heavy atom. The fourth-order valence-corrected chi connectivity index (χ4v) is 2.60. The van der Waals surface area contributed by atoms with E-state index in [4.69, 9.17) is 0 Å². The molecule has 1 aromatic heterocycles. The summed E-state index contributed by atoms with van der Waals surface area (Å²) in [6, 6.07) is 14.2. The minimum atomic E-state index is -1.11. The van der Waals surface area contributed by atoms with Gasteiger partial charge in [0.1, 0.15) is 11.3 Å². The van der Waals surface area contributed by atoms with E-state index in [2.05, 4.69) is 20.6 Å². The van der Waals surface area contributed by atoms with Gasteiger partial charge in [0.25, 0.3) is 0 Å². The Morgan fingerprint density at radius 3 is 2.56 bits per heavy atom. The highest BCUT2D eigenvalue weighted by molar-refractivity contribution is 5.93. The summed E-state index contributed by atoms with van der Waals surface area (Å²) in [6.45, 7) is 3.88. The smallest absolute Gasteiger partial charge is 0.341 e. The van der Waals surface area contributed by atoms with Crippen LogP contribution in [0.15, 0.2) is 54.7 Å². The van der Waals surface area contributed by atoms with E-state index < -0.39 is 5.97 Å². The highest BCUT2D eigenvalue weighted by atomic mass is 16.4. The van der Waals surface area contributed by atoms with Crippen LogP contribution >= 0.6 is 0 Å². The first-order valence-electron chi connectivity index (χ1n) is 8.42. The fraction of sp³-hybridized carbons (Fsp3) is 0.150. The second-order valence-electron chi connectivity index (χ2n) is 6.21. The van der Waals surface area contributed by atoms with Crippen LogP contribution in [-0.2, 0) is 0 Å². The molecule has 0 saturated heterocycles. The highest BCUT2D eigenvalue weighted by Gasteiger charge is 2.15. The zero-order valence-electron chi connectivity index (χ0n) is 15.0. The van der Waals surface area contributed by atoms with Crippen LogP contribution in [0.25, 0.3) is 0 Å². The summed E-state index contributed by atoms with van der Waals surface area (Å²) in [7, 11) is 0. The van der Waals surface area contributed by atoms with E-state index >= 15 is 0 Å². The number of rotatable bonds is 6. The number of hydrogen-bond acceptors (Lipinski definition) is 6. The Kier molecular flexibility index (Phi) is 5.21. The van der Waals surface area contributed by atoms with E-state index in [1.165, 1.54) is 6.20 Å². The predicted octanol–water partition coefficient (Wildman–Crippen LogP) is 4.11. The van der Waals surface area contributed by atoms with Crippen LogP contribution < -0.4 is 10.6 Å². The molecule has 2 aromatic carbocycles. The van der Waals surface area contributed by atoms with E-state index in [9.17, 15) is 15.0 Å². The van der Waals surface area contributed by atoms with Crippen LogP contribution in [0.5, 0.6) is 5.75 Å². The van der Waals surface area contributed by atoms with Crippen molar-refractivity contribution in [2.45, 2.75) is 19.9 Å². The number of benzene rings is 2. The van der Waals surface area contributed by atoms with Gasteiger partial charge in [-0.1, -0.05) is 24.3 Å². The van der Waals surface area contributed by atoms with Gasteiger partial charge >= 0.3 is 5.97 Å². The molecule has 0 aliphatic heterocycles. The number of carbonyl (C=O) groups is 1. The summed E-state index contributed by atoms with van der Waals surface area (Å²) in [5, 5.41) is 25.0. The van der Waals surface area contributed by atoms with E-state index in [1.807, 2.05) is 38.1 Å². The highest BCUT2D eigenvalue weighted by Crippen LogP contribution is 2.23. The number of phenolic OH excluding ortho intramolecular Hbond substituents is 1. The predicted molar refractivity (Wildman–Crippen MR) is 104 cm³/mol. The monoisotopic (exact) mass is 364 g/mol. The molecule has 0 aliphatic carbocycles. The summed E-state index contributed by atoms with van der Waals surface area (Å²) >= 11 is 0. The van der Waals surface area contributed by atoms with Crippen molar-refractivity contribution in [3.63, 3.8) is 0 Å². The third kappa shape index (κ3) is 4.52. The molecule has 0 spiro atoms. The second-order valence-corrected chi connectivity index (χ2v) is 6.21. The first kappa shape index (κ1) is 18.2. The molecule has 0 fully saturated rings. The Hall–Kier alpha value is -3.61. The molecule has 1 atom stereocenters. The molecule has 4 N–H and O–H groups in total. The molecule has 3 aromatic rings. The van der Waals surface area contributed by atoms with Crippen molar-refractivity contribution in [2.75, 3.05) is 10.6 Å². The first-order chi connectivity index (χ1) is 12.9. The second kappa shape index (κ2) is 7.74. The topological polar surface area (TPSA) is 107 Å². The minimum Gasteiger partial charge on any atom is -0.508 e. The van der Waals surface area contributed by atoms with Gasteiger partial charge in [-0.25, -0.2) is 9.78 Å². The maximum Gasteiger partial charge on any atom is 0.341 e. The summed E-state index contributed by atoms with van der Waals surface area (Å²) in [4.78, 5) is 20.0. The molecule has 1 heterocycles. The Morgan fingerprint density at radius 1 is 1.15 bits per heavy atom. The molecule has 138 valence electrons. The van der Waals surface area contributed by atoms with Gasteiger partial charge in [-0.2, -0.15) is 4.98 Å². The number of anilines is 3. The molecular weight excluding hydrogens is 344 g/mol. The average molecular weight is 364 g/mol. The van der Waals surface area contributed by atoms with Gasteiger partial charge in [-0.05, 0) is 49.2 Å². The lowest BCUT2D eigenvalue weighted by molar-refractivity contribution is 0.0697. The Labute approximate surface area is 156 Å². The van der Waals surface area contributed by atoms with Gasteiger partial charge in [-0.15, -0.1) is 0 Å². The van der Waals surface area contributed by atoms with Crippen molar-refractivity contribution >= 4 is 23.4 Å². The number of carboxylic acid groups (broad SMARTS) is 1. The van der Waals surface area contributed by atoms with E-state index in [1.54, 1.807) is 24.3 Å². The summed E-state index contributed by atoms with van der Waals surface area (Å²) in [5.41, 5.74) is 2.71. The van der Waals surface area contributed by atoms with Gasteiger partial charge in [0.15, 0.2) is 5.82 Å². The van der Waals surface area contributed by atoms with Crippen molar-refractivity contribution in [1.29, 1.82) is 0 Å². The van der Waals surface area contributed by atoms with E-state index in [0.717, 1.165) is 16.8 Å². The molecule has 0 amide bonds. The summed E-state index contributed by atoms with van der Waals surface area (Å²) in [5.74, 6) is -0.403. The van der Waals surface area contributed by atoms with Gasteiger partial charge in [-0.3, -0.25) is 0 Å². The molecule has 0 aliphatic rings. The third-order valence-electron chi connectivity index (χ3n) is 4.04. The fourth-order valence-electron chi connectivity index (χ4n) is 2.60. The van der Waals surface area contributed by atoms with Crippen LogP contribution in [0.4, 0.5) is 17.5 Å². The van der Waals surface area contributed by atoms with Crippen molar-refractivity contribution in [3.05, 3.63) is 71.4 Å². The van der Waals surface area contributed by atoms with Crippen LogP contribution in [0.3, 0.4) is 0 Å². The zero-order valence-corrected chi connectivity index (χ0v) is 15.0. The third-order valence-corrected chi connectivity index (χ3v) is 4.04. The maximum absolute atomic E-state index is 11.5. The molecule has 7 nitrogen and oxygen atoms in total. The van der Waals surface area contributed by atoms with Gasteiger partial charge in [0.2, 0.25) is 5.95 Å². The number of hydrogen-bond donors (Lipinski definition) is 4. The Bertz CT molecular complexity index is 958. The average Bonchev–Trinajstić information content (AvgIpc) is 2.62. The largest absolute Gasteiger partial charge is 0.508 e. The van der Waals surface area contributed by atoms with E-state index in [-0.39, 0.29) is 23.2 Å². The van der Waals surface area contributed by atoms with Crippen molar-refractivity contribution < 1.29 is 15.0 Å². The van der Waals surface area contributed by atoms with Crippen LogP contribution in [-0.4, -0.2) is 26.2 Å². The number of nitrogens with zero attached hydrogens (tertiary/aromatic N) is 2. The number of phenols is 1. The minimum absolute atomic E-state index is 0.0145. The lowest BCUT2D eigenvalue weighted by atomic mass is 10.1. The SMILES string of the molecule is Cc1cccc(Nc2nc(NC(C)c3ccc(O)cc3)ncc2C(=O)O)c1. The van der Waals surface area contributed by atoms with Crippen LogP contribution in [0.2, 0.25) is 0 Å². The molecule has 0 bridgehead atoms. The van der Waals surface area contributed by atoms with Gasteiger partial charge in [0.05, 0.1) is 6.04 Å². The summed E-state index contributed by atoms with van der Waals surface area (Å²) in [6.07, 6.45) is 1.28. The zero-order chi connectivity index (χ0) is 19.4. The lowest BCUT2D eigenvalue weighted by Crippen LogP contribution is -2.12. The normalized spacial score (nSPS) is 11.6. The number of aryl methyl sites for hydroxylation is 1. The Balaban J connectivity index is 1.86. The molecule has 3 rings (SSSR count). The molecule has 1 unspecified atom stereocenters. The molecule has 0 saturated carbocycles. The number of nitrogens with one attached hydrogen (secondary N) is 2. The number of aromatic nitrogens is 2. The maximum atomic E-state index is 11.5. The molecule has 0 radical (unpaired) electrons. The molecule has 7 heteroatoms. The number of carboxylic acids is 1. The lowest BCUT2D eigenvalue weighted by Gasteiger charge is -2.16. The molecule has 27 heavy (non-hydrogen) atoms. The van der Waals surface area contributed by atoms with E-state index in [0.29, 0.717) is 5.95 Å². The van der Waals surface area contributed by atoms with Crippen molar-refractivity contribution in [3.8, 4) is 5.75 Å². The van der Waals surface area contributed by atoms with Gasteiger partial charge < -0.3 is 20.8 Å². The standard InChI is InChI=1S/C20H20N4O3/c1-12-4-3-5-15(10-12)23-18-17(19(26)27)11-21-20(24-18)22-13(2)14-6-8-16(25)9-7-14/h3-11,13,25H,1-2H3,(H,26,27)(H2,21,22,23,24). The first-order valence-corrected chi connectivity index (χ1v) is 8.42. The number of aromatic carboxylic acids is 1. The van der Waals surface area contributed by atoms with Crippen LogP contribution in [0, 0.1) is 6.92 Å². The van der Waals surface area contributed by atoms with Crippen molar-refractivity contribution in [1.82, 2.24) is 9.97 Å². The quantitative estimate of drug-likeness (QED) is 0.521. The summed E-state index contributed by atoms with van der Waals surface area (Å²) < 4.78 is 0. The molecular formula is C20H20N4O3. The van der Waals surface area contributed by atoms with Gasteiger partial charge in [0, 0.05) is 11.9 Å². The van der Waals surface area contributed by atoms with Crippen molar-refractivity contribution in [2.24, 2.45) is 0 Å². The van der Waals surface area contributed by atoms with Crippen LogP contribution in [0.1, 0.15) is 34.5 Å².